The molecule has 4 N–H and O–H groups in total. The third-order valence-electron chi connectivity index (χ3n) is 4.22. The largest absolute Gasteiger partial charge is 0.481 e. The van der Waals surface area contributed by atoms with Crippen LogP contribution in [0.15, 0.2) is 30.3 Å². The highest BCUT2D eigenvalue weighted by Crippen LogP contribution is 2.49. The lowest BCUT2D eigenvalue weighted by Crippen LogP contribution is -2.38. The first-order chi connectivity index (χ1) is 13.5. The number of alkyl carbamates (subject to hydrolysis) is 1. The van der Waals surface area contributed by atoms with Crippen molar-refractivity contribution in [1.82, 2.24) is 5.32 Å². The number of benzene rings is 1. The molecular formula is C19H28NO8P. The average Bonchev–Trinajstić information content (AvgIpc) is 2.63. The Morgan fingerprint density at radius 1 is 1.14 bits per heavy atom. The number of carbonyl (C=O) groups excluding carboxylic acids is 1. The van der Waals surface area contributed by atoms with Crippen LogP contribution in [0, 0.1) is 11.8 Å². The lowest BCUT2D eigenvalue weighted by Gasteiger charge is -2.27. The molecule has 3 atom stereocenters. The molecule has 0 heterocycles. The summed E-state index contributed by atoms with van der Waals surface area (Å²) in [5, 5.41) is 20.4. The predicted molar refractivity (Wildman–Crippen MR) is 106 cm³/mol. The van der Waals surface area contributed by atoms with Gasteiger partial charge in [-0.15, -0.1) is 0 Å². The number of rotatable bonds is 12. The number of carboxylic acids is 2. The second-order valence-electron chi connectivity index (χ2n) is 7.26. The zero-order chi connectivity index (χ0) is 22.0. The van der Waals surface area contributed by atoms with E-state index in [0.29, 0.717) is 0 Å². The second-order valence-corrected chi connectivity index (χ2v) is 9.76. The fraction of sp³-hybridized carbons (Fsp3) is 0.526. The van der Waals surface area contributed by atoms with Crippen LogP contribution in [0.5, 0.6) is 0 Å². The van der Waals surface area contributed by atoms with Crippen LogP contribution in [0.2, 0.25) is 0 Å². The molecule has 0 aliphatic carbocycles. The molecule has 0 saturated carbocycles. The average molecular weight is 429 g/mol. The van der Waals surface area contributed by atoms with Crippen molar-refractivity contribution in [2.45, 2.75) is 45.5 Å². The van der Waals surface area contributed by atoms with Crippen molar-refractivity contribution < 1.29 is 38.8 Å². The number of carbonyl (C=O) groups is 3. The van der Waals surface area contributed by atoms with E-state index in [2.05, 4.69) is 5.32 Å². The lowest BCUT2D eigenvalue weighted by molar-refractivity contribution is -0.142. The first-order valence-electron chi connectivity index (χ1n) is 9.24. The van der Waals surface area contributed by atoms with Gasteiger partial charge < -0.3 is 25.2 Å². The number of aliphatic carboxylic acids is 2. The van der Waals surface area contributed by atoms with Crippen molar-refractivity contribution in [2.75, 3.05) is 6.16 Å². The fourth-order valence-corrected chi connectivity index (χ4v) is 4.99. The molecular weight excluding hydrogens is 401 g/mol. The molecule has 162 valence electrons. The molecule has 10 heteroatoms. The maximum absolute atomic E-state index is 12.9. The van der Waals surface area contributed by atoms with Crippen LogP contribution in [0.25, 0.3) is 0 Å². The van der Waals surface area contributed by atoms with Crippen molar-refractivity contribution >= 4 is 25.4 Å². The van der Waals surface area contributed by atoms with Crippen LogP contribution in [0.4, 0.5) is 4.79 Å². The predicted octanol–water partition coefficient (Wildman–Crippen LogP) is 3.12. The van der Waals surface area contributed by atoms with Crippen LogP contribution in [0.1, 0.15) is 38.7 Å². The Balaban J connectivity index is 2.81. The summed E-state index contributed by atoms with van der Waals surface area (Å²) in [6, 6.07) is 8.89. The van der Waals surface area contributed by atoms with Gasteiger partial charge in [-0.05, 0) is 24.3 Å². The van der Waals surface area contributed by atoms with Crippen LogP contribution >= 0.6 is 7.37 Å². The summed E-state index contributed by atoms with van der Waals surface area (Å²) in [5.41, 5.74) is 0.745. The second kappa shape index (κ2) is 11.6. The van der Waals surface area contributed by atoms with Gasteiger partial charge in [-0.1, -0.05) is 44.2 Å². The minimum absolute atomic E-state index is 0.0207. The Kier molecular flexibility index (Phi) is 9.85. The quantitative estimate of drug-likeness (QED) is 0.370. The topological polar surface area (TPSA) is 150 Å². The standard InChI is InChI=1S/C19H28NO8P/c1-13(2)10-16(20-19(25)28-11-14-6-4-3-5-7-14)29(26,27)12-15(18(23)24)8-9-17(21)22/h3-7,13,15-16H,8-12H2,1-2H3,(H,20,25)(H,21,22)(H,23,24)(H,26,27). The van der Waals surface area contributed by atoms with E-state index in [1.165, 1.54) is 0 Å². The molecule has 3 unspecified atom stereocenters. The van der Waals surface area contributed by atoms with Gasteiger partial charge in [0, 0.05) is 12.6 Å². The molecule has 0 radical (unpaired) electrons. The molecule has 1 rings (SSSR count). The third-order valence-corrected chi connectivity index (χ3v) is 6.49. The van der Waals surface area contributed by atoms with E-state index in [9.17, 15) is 28.9 Å². The van der Waals surface area contributed by atoms with Crippen molar-refractivity contribution in [3.63, 3.8) is 0 Å². The van der Waals surface area contributed by atoms with Gasteiger partial charge in [-0.25, -0.2) is 4.79 Å². The zero-order valence-electron chi connectivity index (χ0n) is 16.5. The molecule has 1 aromatic carbocycles. The molecule has 1 aromatic rings. The first kappa shape index (κ1) is 24.7. The van der Waals surface area contributed by atoms with Gasteiger partial charge in [-0.3, -0.25) is 14.2 Å². The van der Waals surface area contributed by atoms with Gasteiger partial charge in [0.25, 0.3) is 0 Å². The van der Waals surface area contributed by atoms with Crippen LogP contribution in [-0.2, 0) is 25.5 Å². The summed E-state index contributed by atoms with van der Waals surface area (Å²) in [4.78, 5) is 44.7. The number of nitrogens with one attached hydrogen (secondary N) is 1. The van der Waals surface area contributed by atoms with E-state index >= 15 is 0 Å². The maximum Gasteiger partial charge on any atom is 0.408 e. The van der Waals surface area contributed by atoms with E-state index in [4.69, 9.17) is 9.84 Å². The summed E-state index contributed by atoms with van der Waals surface area (Å²) in [5.74, 6) is -5.10. The molecule has 0 spiro atoms. The SMILES string of the molecule is CC(C)CC(NC(=O)OCc1ccccc1)P(=O)(O)CC(CCC(=O)O)C(=O)O. The van der Waals surface area contributed by atoms with Crippen LogP contribution in [0.3, 0.4) is 0 Å². The summed E-state index contributed by atoms with van der Waals surface area (Å²) < 4.78 is 18.0. The Morgan fingerprint density at radius 3 is 2.28 bits per heavy atom. The van der Waals surface area contributed by atoms with Crippen molar-refractivity contribution in [3.8, 4) is 0 Å². The van der Waals surface area contributed by atoms with E-state index in [-0.39, 0.29) is 25.4 Å². The normalized spacial score (nSPS) is 15.2. The highest BCUT2D eigenvalue weighted by atomic mass is 31.2. The van der Waals surface area contributed by atoms with Gasteiger partial charge >= 0.3 is 18.0 Å². The van der Waals surface area contributed by atoms with Crippen molar-refractivity contribution in [1.29, 1.82) is 0 Å². The molecule has 0 aliphatic rings. The van der Waals surface area contributed by atoms with Crippen LogP contribution in [-0.4, -0.2) is 45.1 Å². The maximum atomic E-state index is 12.9. The highest BCUT2D eigenvalue weighted by molar-refractivity contribution is 7.58. The molecule has 0 fully saturated rings. The molecule has 29 heavy (non-hydrogen) atoms. The number of ether oxygens (including phenoxy) is 1. The van der Waals surface area contributed by atoms with Gasteiger partial charge in [0.15, 0.2) is 0 Å². The Morgan fingerprint density at radius 2 is 1.76 bits per heavy atom. The van der Waals surface area contributed by atoms with Crippen molar-refractivity contribution in [2.24, 2.45) is 11.8 Å². The smallest absolute Gasteiger partial charge is 0.408 e. The first-order valence-corrected chi connectivity index (χ1v) is 11.2. The minimum Gasteiger partial charge on any atom is -0.481 e. The number of hydrogen-bond acceptors (Lipinski definition) is 5. The molecule has 1 amide bonds. The Bertz CT molecular complexity index is 737. The fourth-order valence-electron chi connectivity index (χ4n) is 2.71. The van der Waals surface area contributed by atoms with E-state index in [1.54, 1.807) is 38.1 Å². The lowest BCUT2D eigenvalue weighted by atomic mass is 10.1. The van der Waals surface area contributed by atoms with Gasteiger partial charge in [0.1, 0.15) is 12.4 Å². The van der Waals surface area contributed by atoms with Crippen molar-refractivity contribution in [3.05, 3.63) is 35.9 Å². The number of carboxylic acid groups (broad SMARTS) is 2. The molecule has 0 bridgehead atoms. The third kappa shape index (κ3) is 9.58. The van der Waals surface area contributed by atoms with Crippen LogP contribution < -0.4 is 5.32 Å². The summed E-state index contributed by atoms with van der Waals surface area (Å²) in [6.07, 6.45) is -2.09. The molecule has 0 aromatic heterocycles. The summed E-state index contributed by atoms with van der Waals surface area (Å²) in [7, 11) is -4.16. The number of hydrogen-bond donors (Lipinski definition) is 4. The Hall–Kier alpha value is -2.38. The summed E-state index contributed by atoms with van der Waals surface area (Å²) >= 11 is 0. The van der Waals surface area contributed by atoms with Gasteiger partial charge in [0.2, 0.25) is 7.37 Å². The van der Waals surface area contributed by atoms with Gasteiger partial charge in [-0.2, -0.15) is 0 Å². The van der Waals surface area contributed by atoms with E-state index in [0.717, 1.165) is 5.56 Å². The van der Waals surface area contributed by atoms with Gasteiger partial charge in [0.05, 0.1) is 5.92 Å². The Labute approximate surface area is 169 Å². The minimum atomic E-state index is -4.16. The summed E-state index contributed by atoms with van der Waals surface area (Å²) in [6.45, 7) is 3.57. The van der Waals surface area contributed by atoms with E-state index in [1.807, 2.05) is 6.07 Å². The highest BCUT2D eigenvalue weighted by Gasteiger charge is 2.37. The molecule has 0 aliphatic heterocycles. The van der Waals surface area contributed by atoms with E-state index < -0.39 is 49.7 Å². The zero-order valence-corrected chi connectivity index (χ0v) is 17.4. The molecule has 9 nitrogen and oxygen atoms in total. The monoisotopic (exact) mass is 429 g/mol. The molecule has 0 saturated heterocycles. The number of amides is 1.